The van der Waals surface area contributed by atoms with Gasteiger partial charge in [0.2, 0.25) is 0 Å². The Morgan fingerprint density at radius 2 is 1.83 bits per heavy atom. The predicted octanol–water partition coefficient (Wildman–Crippen LogP) is 3.58. The summed E-state index contributed by atoms with van der Waals surface area (Å²) in [5.41, 5.74) is 1.11. The molecule has 0 saturated carbocycles. The Labute approximate surface area is 106 Å². The second-order valence-electron chi connectivity index (χ2n) is 4.09. The van der Waals surface area contributed by atoms with Crippen molar-refractivity contribution in [3.8, 4) is 11.5 Å². The molecule has 0 radical (unpaired) electrons. The summed E-state index contributed by atoms with van der Waals surface area (Å²) in [7, 11) is 0. The normalized spacial score (nSPS) is 17.4. The third kappa shape index (κ3) is 2.35. The SMILES string of the molecule is C1=NC(c2cccc(Oc3ccccc3)c2)CO1. The molecule has 0 amide bonds. The Kier molecular flexibility index (Phi) is 2.96. The molecule has 0 fully saturated rings. The lowest BCUT2D eigenvalue weighted by Crippen LogP contribution is -1.97. The smallest absolute Gasteiger partial charge is 0.170 e. The molecule has 0 aliphatic carbocycles. The first kappa shape index (κ1) is 10.8. The van der Waals surface area contributed by atoms with Crippen molar-refractivity contribution in [3.63, 3.8) is 0 Å². The number of rotatable bonds is 3. The van der Waals surface area contributed by atoms with Crippen LogP contribution in [-0.2, 0) is 4.74 Å². The first-order valence-electron chi connectivity index (χ1n) is 5.88. The van der Waals surface area contributed by atoms with E-state index in [1.165, 1.54) is 6.40 Å². The minimum Gasteiger partial charge on any atom is -0.481 e. The number of benzene rings is 2. The van der Waals surface area contributed by atoms with Gasteiger partial charge >= 0.3 is 0 Å². The van der Waals surface area contributed by atoms with Crippen LogP contribution in [0.1, 0.15) is 11.6 Å². The fourth-order valence-corrected chi connectivity index (χ4v) is 1.89. The van der Waals surface area contributed by atoms with Gasteiger partial charge in [0.1, 0.15) is 24.1 Å². The molecule has 1 atom stereocenters. The topological polar surface area (TPSA) is 30.8 Å². The van der Waals surface area contributed by atoms with E-state index < -0.39 is 0 Å². The maximum Gasteiger partial charge on any atom is 0.170 e. The van der Waals surface area contributed by atoms with Gasteiger partial charge in [-0.05, 0) is 29.8 Å². The first-order chi connectivity index (χ1) is 8.92. The highest BCUT2D eigenvalue weighted by molar-refractivity contribution is 5.50. The van der Waals surface area contributed by atoms with E-state index >= 15 is 0 Å². The van der Waals surface area contributed by atoms with E-state index in [1.54, 1.807) is 0 Å². The van der Waals surface area contributed by atoms with E-state index in [0.717, 1.165) is 17.1 Å². The van der Waals surface area contributed by atoms with Gasteiger partial charge in [-0.3, -0.25) is 0 Å². The van der Waals surface area contributed by atoms with Crippen LogP contribution in [0.4, 0.5) is 0 Å². The minimum atomic E-state index is 0.0873. The summed E-state index contributed by atoms with van der Waals surface area (Å²) in [6.07, 6.45) is 1.51. The van der Waals surface area contributed by atoms with Gasteiger partial charge in [0.15, 0.2) is 6.40 Å². The van der Waals surface area contributed by atoms with Crippen LogP contribution >= 0.6 is 0 Å². The molecule has 0 aromatic heterocycles. The number of para-hydroxylation sites is 1. The van der Waals surface area contributed by atoms with Crippen molar-refractivity contribution in [3.05, 3.63) is 60.2 Å². The van der Waals surface area contributed by atoms with Crippen molar-refractivity contribution < 1.29 is 9.47 Å². The summed E-state index contributed by atoms with van der Waals surface area (Å²) in [4.78, 5) is 4.25. The summed E-state index contributed by atoms with van der Waals surface area (Å²) in [6, 6.07) is 17.8. The van der Waals surface area contributed by atoms with Gasteiger partial charge in [-0.1, -0.05) is 30.3 Å². The number of hydrogen-bond donors (Lipinski definition) is 0. The first-order valence-corrected chi connectivity index (χ1v) is 5.88. The van der Waals surface area contributed by atoms with Crippen molar-refractivity contribution in [2.45, 2.75) is 6.04 Å². The Morgan fingerprint density at radius 1 is 1.00 bits per heavy atom. The fourth-order valence-electron chi connectivity index (χ4n) is 1.89. The molecule has 90 valence electrons. The fraction of sp³-hybridized carbons (Fsp3) is 0.133. The second-order valence-corrected chi connectivity index (χ2v) is 4.09. The molecular weight excluding hydrogens is 226 g/mol. The molecule has 0 N–H and O–H groups in total. The van der Waals surface area contributed by atoms with Crippen LogP contribution in [0.3, 0.4) is 0 Å². The summed E-state index contributed by atoms with van der Waals surface area (Å²) >= 11 is 0. The van der Waals surface area contributed by atoms with Crippen LogP contribution in [-0.4, -0.2) is 13.0 Å². The molecule has 0 saturated heterocycles. The van der Waals surface area contributed by atoms with Crippen molar-refractivity contribution >= 4 is 6.40 Å². The zero-order valence-corrected chi connectivity index (χ0v) is 9.82. The van der Waals surface area contributed by atoms with Gasteiger partial charge < -0.3 is 9.47 Å². The molecule has 18 heavy (non-hydrogen) atoms. The quantitative estimate of drug-likeness (QED) is 0.819. The van der Waals surface area contributed by atoms with Crippen LogP contribution in [0.2, 0.25) is 0 Å². The molecule has 1 aliphatic heterocycles. The van der Waals surface area contributed by atoms with Crippen LogP contribution < -0.4 is 4.74 Å². The molecule has 2 aromatic carbocycles. The second kappa shape index (κ2) is 4.92. The standard InChI is InChI=1S/C15H13NO2/c1-2-6-13(7-3-1)18-14-8-4-5-12(9-14)15-10-17-11-16-15/h1-9,11,15H,10H2. The monoisotopic (exact) mass is 239 g/mol. The minimum absolute atomic E-state index is 0.0873. The van der Waals surface area contributed by atoms with Crippen LogP contribution in [0.15, 0.2) is 59.6 Å². The maximum atomic E-state index is 5.79. The van der Waals surface area contributed by atoms with Gasteiger partial charge in [-0.2, -0.15) is 0 Å². The average molecular weight is 239 g/mol. The van der Waals surface area contributed by atoms with Crippen LogP contribution in [0.25, 0.3) is 0 Å². The van der Waals surface area contributed by atoms with Gasteiger partial charge in [0.25, 0.3) is 0 Å². The van der Waals surface area contributed by atoms with E-state index in [9.17, 15) is 0 Å². The zero-order chi connectivity index (χ0) is 12.2. The number of aliphatic imine (C=N–C) groups is 1. The molecule has 3 nitrogen and oxygen atoms in total. The van der Waals surface area contributed by atoms with E-state index in [2.05, 4.69) is 4.99 Å². The Morgan fingerprint density at radius 3 is 2.61 bits per heavy atom. The molecule has 1 heterocycles. The highest BCUT2D eigenvalue weighted by Gasteiger charge is 2.14. The molecule has 1 unspecified atom stereocenters. The Hall–Kier alpha value is -2.29. The van der Waals surface area contributed by atoms with E-state index in [1.807, 2.05) is 54.6 Å². The van der Waals surface area contributed by atoms with Gasteiger partial charge in [-0.25, -0.2) is 4.99 Å². The third-order valence-corrected chi connectivity index (χ3v) is 2.79. The molecule has 0 bridgehead atoms. The molecule has 3 heteroatoms. The van der Waals surface area contributed by atoms with Crippen LogP contribution in [0.5, 0.6) is 11.5 Å². The molecule has 3 rings (SSSR count). The highest BCUT2D eigenvalue weighted by Crippen LogP contribution is 2.27. The van der Waals surface area contributed by atoms with Crippen molar-refractivity contribution in [1.82, 2.24) is 0 Å². The van der Waals surface area contributed by atoms with Crippen molar-refractivity contribution in [2.24, 2.45) is 4.99 Å². The van der Waals surface area contributed by atoms with Crippen molar-refractivity contribution in [2.75, 3.05) is 6.61 Å². The van der Waals surface area contributed by atoms with Gasteiger partial charge in [-0.15, -0.1) is 0 Å². The Balaban J connectivity index is 1.81. The number of hydrogen-bond acceptors (Lipinski definition) is 3. The van der Waals surface area contributed by atoms with Gasteiger partial charge in [0, 0.05) is 0 Å². The van der Waals surface area contributed by atoms with Crippen LogP contribution in [0, 0.1) is 0 Å². The molecule has 2 aromatic rings. The number of ether oxygens (including phenoxy) is 2. The maximum absolute atomic E-state index is 5.79. The van der Waals surface area contributed by atoms with Crippen molar-refractivity contribution in [1.29, 1.82) is 0 Å². The predicted molar refractivity (Wildman–Crippen MR) is 70.1 cm³/mol. The summed E-state index contributed by atoms with van der Waals surface area (Å²) in [6.45, 7) is 0.606. The third-order valence-electron chi connectivity index (χ3n) is 2.79. The largest absolute Gasteiger partial charge is 0.481 e. The Bertz CT molecular complexity index is 551. The average Bonchev–Trinajstić information content (AvgIpc) is 2.94. The number of nitrogens with zero attached hydrogens (tertiary/aromatic N) is 1. The summed E-state index contributed by atoms with van der Waals surface area (Å²) in [5, 5.41) is 0. The van der Waals surface area contributed by atoms with E-state index in [-0.39, 0.29) is 6.04 Å². The molecule has 1 aliphatic rings. The lowest BCUT2D eigenvalue weighted by molar-refractivity contribution is 0.330. The van der Waals surface area contributed by atoms with E-state index in [0.29, 0.717) is 6.61 Å². The molecule has 0 spiro atoms. The lowest BCUT2D eigenvalue weighted by Gasteiger charge is -2.09. The zero-order valence-electron chi connectivity index (χ0n) is 9.82. The lowest BCUT2D eigenvalue weighted by atomic mass is 10.1. The highest BCUT2D eigenvalue weighted by atomic mass is 16.5. The van der Waals surface area contributed by atoms with Gasteiger partial charge in [0.05, 0.1) is 0 Å². The summed E-state index contributed by atoms with van der Waals surface area (Å²) in [5.74, 6) is 1.65. The van der Waals surface area contributed by atoms with E-state index in [4.69, 9.17) is 9.47 Å². The molecular formula is C15H13NO2. The summed E-state index contributed by atoms with van der Waals surface area (Å²) < 4.78 is 10.9.